The maximum absolute atomic E-state index is 12.5. The van der Waals surface area contributed by atoms with Gasteiger partial charge in [-0.2, -0.15) is 0 Å². The number of fused-ring (bicyclic) bond motifs is 1. The molecule has 0 saturated heterocycles. The molecule has 1 aliphatic rings. The van der Waals surface area contributed by atoms with Crippen LogP contribution < -0.4 is 21.1 Å². The zero-order valence-electron chi connectivity index (χ0n) is 15.6. The van der Waals surface area contributed by atoms with Crippen molar-refractivity contribution in [2.75, 3.05) is 5.32 Å². The lowest BCUT2D eigenvalue weighted by molar-refractivity contribution is -0.122. The van der Waals surface area contributed by atoms with Gasteiger partial charge in [-0.1, -0.05) is 37.6 Å². The molecule has 4 N–H and O–H groups in total. The van der Waals surface area contributed by atoms with E-state index in [0.29, 0.717) is 17.0 Å². The van der Waals surface area contributed by atoms with Crippen LogP contribution in [0.5, 0.6) is 5.75 Å². The molecule has 3 rings (SSSR count). The quantitative estimate of drug-likeness (QED) is 0.732. The number of rotatable bonds is 6. The molecule has 0 radical (unpaired) electrons. The van der Waals surface area contributed by atoms with E-state index in [1.165, 1.54) is 0 Å². The van der Waals surface area contributed by atoms with Gasteiger partial charge in [0.25, 0.3) is 11.8 Å². The van der Waals surface area contributed by atoms with Crippen molar-refractivity contribution in [3.63, 3.8) is 0 Å². The van der Waals surface area contributed by atoms with Crippen LogP contribution in [0.2, 0.25) is 0 Å². The normalized spacial score (nSPS) is 17.9. The second-order valence-corrected chi connectivity index (χ2v) is 6.77. The molecule has 0 aromatic heterocycles. The van der Waals surface area contributed by atoms with Gasteiger partial charge < -0.3 is 21.1 Å². The molecular weight excluding hydrogens is 342 g/mol. The summed E-state index contributed by atoms with van der Waals surface area (Å²) in [6.07, 6.45) is 1.11. The Labute approximate surface area is 159 Å². The van der Waals surface area contributed by atoms with E-state index in [4.69, 9.17) is 10.5 Å². The number of nitrogens with one attached hydrogen (secondary N) is 2. The average Bonchev–Trinajstić information content (AvgIpc) is 2.68. The lowest BCUT2D eigenvalue weighted by Crippen LogP contribution is -2.42. The average molecular weight is 367 g/mol. The minimum atomic E-state index is -0.518. The van der Waals surface area contributed by atoms with E-state index in [2.05, 4.69) is 17.6 Å². The predicted molar refractivity (Wildman–Crippen MR) is 105 cm³/mol. The number of benzene rings is 2. The Morgan fingerprint density at radius 1 is 1.26 bits per heavy atom. The number of ether oxygens (including phenoxy) is 1. The van der Waals surface area contributed by atoms with E-state index >= 15 is 0 Å². The Hall–Kier alpha value is -2.86. The number of nitrogens with two attached hydrogens (primary N) is 1. The molecular formula is C21H25N3O3. The van der Waals surface area contributed by atoms with Crippen LogP contribution in [0.1, 0.15) is 48.7 Å². The summed E-state index contributed by atoms with van der Waals surface area (Å²) in [7, 11) is 0. The van der Waals surface area contributed by atoms with Crippen molar-refractivity contribution < 1.29 is 14.3 Å². The van der Waals surface area contributed by atoms with Crippen LogP contribution >= 0.6 is 0 Å². The highest BCUT2D eigenvalue weighted by Crippen LogP contribution is 2.32. The number of carbonyl (C=O) groups excluding carboxylic acids is 2. The lowest BCUT2D eigenvalue weighted by atomic mass is 9.95. The highest BCUT2D eigenvalue weighted by Gasteiger charge is 2.26. The second kappa shape index (κ2) is 8.22. The monoisotopic (exact) mass is 367 g/mol. The highest BCUT2D eigenvalue weighted by molar-refractivity contribution is 5.97. The molecule has 3 atom stereocenters. The minimum Gasteiger partial charge on any atom is -0.479 e. The zero-order valence-corrected chi connectivity index (χ0v) is 15.6. The Balaban J connectivity index is 1.79. The fourth-order valence-electron chi connectivity index (χ4n) is 3.16. The van der Waals surface area contributed by atoms with E-state index in [9.17, 15) is 9.59 Å². The fourth-order valence-corrected chi connectivity index (χ4v) is 3.16. The van der Waals surface area contributed by atoms with Crippen LogP contribution in [0, 0.1) is 0 Å². The lowest BCUT2D eigenvalue weighted by Gasteiger charge is -2.28. The summed E-state index contributed by atoms with van der Waals surface area (Å²) in [6, 6.07) is 14.0. The fraction of sp³-hybridized carbons (Fsp3) is 0.333. The van der Waals surface area contributed by atoms with Gasteiger partial charge in [0.15, 0.2) is 6.10 Å². The summed E-state index contributed by atoms with van der Waals surface area (Å²) >= 11 is 0. The van der Waals surface area contributed by atoms with Crippen LogP contribution in [0.3, 0.4) is 0 Å². The summed E-state index contributed by atoms with van der Waals surface area (Å²) in [4.78, 5) is 24.4. The Bertz CT molecular complexity index is 823. The maximum Gasteiger partial charge on any atom is 0.265 e. The van der Waals surface area contributed by atoms with Gasteiger partial charge in [-0.25, -0.2) is 0 Å². The number of hydrogen-bond acceptors (Lipinski definition) is 4. The van der Waals surface area contributed by atoms with Crippen LogP contribution in [0.4, 0.5) is 5.69 Å². The molecule has 2 amide bonds. The van der Waals surface area contributed by atoms with Crippen LogP contribution in [-0.2, 0) is 4.79 Å². The van der Waals surface area contributed by atoms with Crippen molar-refractivity contribution in [2.24, 2.45) is 5.73 Å². The number of anilines is 1. The molecule has 6 heteroatoms. The summed E-state index contributed by atoms with van der Waals surface area (Å²) in [5.74, 6) is 0.294. The first-order valence-electron chi connectivity index (χ1n) is 9.22. The third-order valence-corrected chi connectivity index (χ3v) is 4.70. The molecule has 0 spiro atoms. The van der Waals surface area contributed by atoms with E-state index in [0.717, 1.165) is 18.4 Å². The van der Waals surface area contributed by atoms with Crippen LogP contribution in [0.15, 0.2) is 48.5 Å². The van der Waals surface area contributed by atoms with E-state index < -0.39 is 12.1 Å². The van der Waals surface area contributed by atoms with Crippen molar-refractivity contribution in [1.29, 1.82) is 0 Å². The molecule has 6 nitrogen and oxygen atoms in total. The van der Waals surface area contributed by atoms with Crippen molar-refractivity contribution in [3.05, 3.63) is 59.7 Å². The second-order valence-electron chi connectivity index (χ2n) is 6.77. The van der Waals surface area contributed by atoms with Crippen molar-refractivity contribution >= 4 is 17.5 Å². The molecule has 3 unspecified atom stereocenters. The van der Waals surface area contributed by atoms with Crippen molar-refractivity contribution in [1.82, 2.24) is 5.32 Å². The standard InChI is InChI=1S/C21H25N3O3/c1-3-7-16(23-21(26)14-8-5-4-6-9-14)19(22)15-10-11-18-17(12-15)24-20(25)13(2)27-18/h4-6,8-13,16,19H,3,7,22H2,1-2H3,(H,23,26)(H,24,25). The van der Waals surface area contributed by atoms with Crippen molar-refractivity contribution in [2.45, 2.75) is 44.9 Å². The zero-order chi connectivity index (χ0) is 19.4. The molecule has 1 heterocycles. The summed E-state index contributed by atoms with van der Waals surface area (Å²) in [6.45, 7) is 3.75. The van der Waals surface area contributed by atoms with Crippen LogP contribution in [-0.4, -0.2) is 24.0 Å². The topological polar surface area (TPSA) is 93.5 Å². The minimum absolute atomic E-state index is 0.145. The molecule has 2 aromatic carbocycles. The van der Waals surface area contributed by atoms with Gasteiger partial charge >= 0.3 is 0 Å². The molecule has 0 fully saturated rings. The van der Waals surface area contributed by atoms with E-state index in [1.807, 2.05) is 36.4 Å². The van der Waals surface area contributed by atoms with Crippen LogP contribution in [0.25, 0.3) is 0 Å². The number of carbonyl (C=O) groups is 2. The van der Waals surface area contributed by atoms with Crippen molar-refractivity contribution in [3.8, 4) is 5.75 Å². The molecule has 27 heavy (non-hydrogen) atoms. The van der Waals surface area contributed by atoms with E-state index in [1.54, 1.807) is 19.1 Å². The Kier molecular flexibility index (Phi) is 5.76. The number of hydrogen-bond donors (Lipinski definition) is 3. The molecule has 0 aliphatic carbocycles. The molecule has 0 bridgehead atoms. The van der Waals surface area contributed by atoms with E-state index in [-0.39, 0.29) is 17.9 Å². The Morgan fingerprint density at radius 2 is 2.00 bits per heavy atom. The summed E-state index contributed by atoms with van der Waals surface area (Å²) < 4.78 is 5.59. The summed E-state index contributed by atoms with van der Waals surface area (Å²) in [5, 5.41) is 5.88. The number of amides is 2. The third kappa shape index (κ3) is 4.28. The molecule has 142 valence electrons. The highest BCUT2D eigenvalue weighted by atomic mass is 16.5. The first kappa shape index (κ1) is 18.9. The van der Waals surface area contributed by atoms with Gasteiger partial charge in [0.05, 0.1) is 11.7 Å². The van der Waals surface area contributed by atoms with Gasteiger partial charge in [0.2, 0.25) is 0 Å². The van der Waals surface area contributed by atoms with Gasteiger partial charge in [-0.3, -0.25) is 9.59 Å². The molecule has 1 aliphatic heterocycles. The van der Waals surface area contributed by atoms with Gasteiger partial charge in [0, 0.05) is 11.6 Å². The van der Waals surface area contributed by atoms with Gasteiger partial charge in [0.1, 0.15) is 5.75 Å². The Morgan fingerprint density at radius 3 is 2.70 bits per heavy atom. The summed E-state index contributed by atoms with van der Waals surface area (Å²) in [5.41, 5.74) is 8.52. The van der Waals surface area contributed by atoms with Gasteiger partial charge in [-0.15, -0.1) is 0 Å². The largest absolute Gasteiger partial charge is 0.479 e. The smallest absolute Gasteiger partial charge is 0.265 e. The first-order chi connectivity index (χ1) is 13.0. The van der Waals surface area contributed by atoms with Gasteiger partial charge in [-0.05, 0) is 43.2 Å². The molecule has 0 saturated carbocycles. The molecule has 2 aromatic rings. The SMILES string of the molecule is CCCC(NC(=O)c1ccccc1)C(N)c1ccc2c(c1)NC(=O)C(C)O2. The maximum atomic E-state index is 12.5. The first-order valence-corrected chi connectivity index (χ1v) is 9.22. The predicted octanol–water partition coefficient (Wildman–Crippen LogP) is 3.00. The third-order valence-electron chi connectivity index (χ3n) is 4.70.